The molecule has 0 aliphatic carbocycles. The van der Waals surface area contributed by atoms with Gasteiger partial charge >= 0.3 is 0 Å². The van der Waals surface area contributed by atoms with Crippen LogP contribution in [0.5, 0.6) is 0 Å². The molecule has 1 N–H and O–H groups in total. The van der Waals surface area contributed by atoms with Crippen molar-refractivity contribution in [1.82, 2.24) is 19.1 Å². The van der Waals surface area contributed by atoms with Crippen molar-refractivity contribution in [1.29, 1.82) is 0 Å². The molecule has 126 valence electrons. The Bertz CT molecular complexity index is 1060. The second-order valence-electron chi connectivity index (χ2n) is 5.97. The fourth-order valence-corrected chi connectivity index (χ4v) is 3.12. The third kappa shape index (κ3) is 2.55. The zero-order valence-corrected chi connectivity index (χ0v) is 14.2. The Hall–Kier alpha value is -3.15. The Kier molecular flexibility index (Phi) is 3.72. The molecule has 4 rings (SSSR count). The number of hydrogen-bond acceptors (Lipinski definition) is 3. The molecule has 6 nitrogen and oxygen atoms in total. The molecule has 2 aromatic heterocycles. The van der Waals surface area contributed by atoms with Gasteiger partial charge in [0.15, 0.2) is 0 Å². The van der Waals surface area contributed by atoms with E-state index in [-0.39, 0.29) is 5.91 Å². The van der Waals surface area contributed by atoms with Gasteiger partial charge in [-0.25, -0.2) is 9.97 Å². The molecule has 0 unspecified atom stereocenters. The zero-order valence-electron chi connectivity index (χ0n) is 14.2. The number of carbonyl (C=O) groups excluding carboxylic acids is 1. The summed E-state index contributed by atoms with van der Waals surface area (Å²) in [5.41, 5.74) is 3.71. The Balaban J connectivity index is 1.66. The van der Waals surface area contributed by atoms with Gasteiger partial charge in [0.25, 0.3) is 0 Å². The van der Waals surface area contributed by atoms with Crippen molar-refractivity contribution >= 4 is 33.9 Å². The van der Waals surface area contributed by atoms with E-state index in [4.69, 9.17) is 0 Å². The summed E-state index contributed by atoms with van der Waals surface area (Å²) in [6, 6.07) is 15.3. The number of hydrogen-bond donors (Lipinski definition) is 1. The summed E-state index contributed by atoms with van der Waals surface area (Å²) < 4.78 is 3.88. The molecule has 0 spiro atoms. The van der Waals surface area contributed by atoms with Crippen molar-refractivity contribution in [3.8, 4) is 0 Å². The molecule has 2 heterocycles. The lowest BCUT2D eigenvalue weighted by Crippen LogP contribution is -2.25. The van der Waals surface area contributed by atoms with Gasteiger partial charge in [0, 0.05) is 6.54 Å². The minimum absolute atomic E-state index is 0.117. The molecule has 1 amide bonds. The molecule has 0 aliphatic heterocycles. The largest absolute Gasteiger partial charge is 0.318 e. The van der Waals surface area contributed by atoms with Crippen LogP contribution >= 0.6 is 0 Å². The molecule has 0 saturated carbocycles. The lowest BCUT2D eigenvalue weighted by Gasteiger charge is -2.15. The first-order chi connectivity index (χ1) is 12.2. The van der Waals surface area contributed by atoms with Gasteiger partial charge in [-0.2, -0.15) is 0 Å². The van der Waals surface area contributed by atoms with E-state index in [1.807, 2.05) is 71.5 Å². The summed E-state index contributed by atoms with van der Waals surface area (Å²) in [5, 5.41) is 2.97. The summed E-state index contributed by atoms with van der Waals surface area (Å²) in [6.07, 6.45) is 1.71. The number of carbonyl (C=O) groups is 1. The Morgan fingerprint density at radius 2 is 1.76 bits per heavy atom. The molecule has 0 radical (unpaired) electrons. The SMILES string of the molecule is CCn1c(NC(=O)[C@@H](C)n2cnc3ccccc32)nc2ccccc21. The lowest BCUT2D eigenvalue weighted by molar-refractivity contribution is -0.118. The third-order valence-corrected chi connectivity index (χ3v) is 4.48. The van der Waals surface area contributed by atoms with Gasteiger partial charge in [0.2, 0.25) is 11.9 Å². The Morgan fingerprint density at radius 1 is 1.08 bits per heavy atom. The average Bonchev–Trinajstić information content (AvgIpc) is 3.21. The van der Waals surface area contributed by atoms with Crippen LogP contribution in [0.25, 0.3) is 22.1 Å². The standard InChI is InChI=1S/C19H19N5O/c1-3-23-17-11-7-5-9-15(17)21-19(23)22-18(25)13(2)24-12-20-14-8-4-6-10-16(14)24/h4-13H,3H2,1-2H3,(H,21,22,25)/t13-/m1/s1. The van der Waals surface area contributed by atoms with Gasteiger partial charge in [-0.1, -0.05) is 24.3 Å². The third-order valence-electron chi connectivity index (χ3n) is 4.48. The number of fused-ring (bicyclic) bond motifs is 2. The van der Waals surface area contributed by atoms with Crippen LogP contribution in [0.4, 0.5) is 5.95 Å². The van der Waals surface area contributed by atoms with Gasteiger partial charge in [-0.3, -0.25) is 10.1 Å². The fraction of sp³-hybridized carbons (Fsp3) is 0.211. The molecular weight excluding hydrogens is 314 g/mol. The topological polar surface area (TPSA) is 64.7 Å². The number of imidazole rings is 2. The molecule has 0 saturated heterocycles. The minimum atomic E-state index is -0.391. The quantitative estimate of drug-likeness (QED) is 0.620. The van der Waals surface area contributed by atoms with Gasteiger partial charge < -0.3 is 9.13 Å². The molecule has 25 heavy (non-hydrogen) atoms. The van der Waals surface area contributed by atoms with Crippen LogP contribution in [0.3, 0.4) is 0 Å². The van der Waals surface area contributed by atoms with Crippen molar-refractivity contribution < 1.29 is 4.79 Å². The number of rotatable bonds is 4. The lowest BCUT2D eigenvalue weighted by atomic mass is 10.2. The Morgan fingerprint density at radius 3 is 2.52 bits per heavy atom. The Labute approximate surface area is 145 Å². The highest BCUT2D eigenvalue weighted by molar-refractivity contribution is 5.95. The number of para-hydroxylation sites is 4. The molecule has 0 fully saturated rings. The normalized spacial score (nSPS) is 12.6. The van der Waals surface area contributed by atoms with Crippen molar-refractivity contribution in [3.05, 3.63) is 54.9 Å². The molecular formula is C19H19N5O. The highest BCUT2D eigenvalue weighted by Crippen LogP contribution is 2.22. The maximum atomic E-state index is 12.8. The number of nitrogens with one attached hydrogen (secondary N) is 1. The monoisotopic (exact) mass is 333 g/mol. The van der Waals surface area contributed by atoms with Crippen LogP contribution in [-0.2, 0) is 11.3 Å². The van der Waals surface area contributed by atoms with E-state index in [0.29, 0.717) is 5.95 Å². The van der Waals surface area contributed by atoms with Crippen molar-refractivity contribution in [2.75, 3.05) is 5.32 Å². The van der Waals surface area contributed by atoms with E-state index in [0.717, 1.165) is 28.6 Å². The van der Waals surface area contributed by atoms with E-state index in [2.05, 4.69) is 15.3 Å². The number of amides is 1. The maximum Gasteiger partial charge on any atom is 0.249 e. The van der Waals surface area contributed by atoms with Crippen molar-refractivity contribution in [2.45, 2.75) is 26.4 Å². The summed E-state index contributed by atoms with van der Waals surface area (Å²) in [6.45, 7) is 4.64. The molecule has 4 aromatic rings. The van der Waals surface area contributed by atoms with E-state index < -0.39 is 6.04 Å². The summed E-state index contributed by atoms with van der Waals surface area (Å²) in [4.78, 5) is 21.7. The average molecular weight is 333 g/mol. The zero-order chi connectivity index (χ0) is 17.4. The molecule has 2 aromatic carbocycles. The first kappa shape index (κ1) is 15.4. The number of aromatic nitrogens is 4. The van der Waals surface area contributed by atoms with Crippen LogP contribution in [0.1, 0.15) is 19.9 Å². The second-order valence-corrected chi connectivity index (χ2v) is 5.97. The van der Waals surface area contributed by atoms with E-state index >= 15 is 0 Å². The highest BCUT2D eigenvalue weighted by Gasteiger charge is 2.20. The molecule has 0 bridgehead atoms. The minimum Gasteiger partial charge on any atom is -0.318 e. The van der Waals surface area contributed by atoms with Crippen molar-refractivity contribution in [2.24, 2.45) is 0 Å². The van der Waals surface area contributed by atoms with Crippen LogP contribution < -0.4 is 5.32 Å². The van der Waals surface area contributed by atoms with Crippen LogP contribution in [-0.4, -0.2) is 25.0 Å². The van der Waals surface area contributed by atoms with E-state index in [9.17, 15) is 4.79 Å². The predicted octanol–water partition coefficient (Wildman–Crippen LogP) is 3.61. The van der Waals surface area contributed by atoms with Crippen LogP contribution in [0.15, 0.2) is 54.9 Å². The van der Waals surface area contributed by atoms with Gasteiger partial charge in [0.1, 0.15) is 6.04 Å². The first-order valence-electron chi connectivity index (χ1n) is 8.36. The van der Waals surface area contributed by atoms with Crippen LogP contribution in [0, 0.1) is 0 Å². The summed E-state index contributed by atoms with van der Waals surface area (Å²) >= 11 is 0. The van der Waals surface area contributed by atoms with E-state index in [1.165, 1.54) is 0 Å². The number of benzene rings is 2. The second kappa shape index (κ2) is 6.05. The van der Waals surface area contributed by atoms with Gasteiger partial charge in [-0.05, 0) is 38.1 Å². The molecule has 1 atom stereocenters. The van der Waals surface area contributed by atoms with E-state index in [1.54, 1.807) is 6.33 Å². The predicted molar refractivity (Wildman–Crippen MR) is 98.5 cm³/mol. The number of nitrogens with zero attached hydrogens (tertiary/aromatic N) is 4. The van der Waals surface area contributed by atoms with Crippen molar-refractivity contribution in [3.63, 3.8) is 0 Å². The smallest absolute Gasteiger partial charge is 0.249 e. The summed E-state index contributed by atoms with van der Waals surface area (Å²) in [7, 11) is 0. The highest BCUT2D eigenvalue weighted by atomic mass is 16.2. The van der Waals surface area contributed by atoms with Crippen LogP contribution in [0.2, 0.25) is 0 Å². The van der Waals surface area contributed by atoms with Gasteiger partial charge in [0.05, 0.1) is 28.4 Å². The number of anilines is 1. The fourth-order valence-electron chi connectivity index (χ4n) is 3.12. The summed E-state index contributed by atoms with van der Waals surface area (Å²) in [5.74, 6) is 0.457. The molecule has 6 heteroatoms. The van der Waals surface area contributed by atoms with Gasteiger partial charge in [-0.15, -0.1) is 0 Å². The number of aryl methyl sites for hydroxylation is 1. The maximum absolute atomic E-state index is 12.8. The first-order valence-corrected chi connectivity index (χ1v) is 8.36. The molecule has 0 aliphatic rings.